The number of likely N-dealkylation sites (N-methyl/N-ethyl adjacent to an activating group) is 1. The number of carbonyl (C=O) groups excluding carboxylic acids is 1. The summed E-state index contributed by atoms with van der Waals surface area (Å²) < 4.78 is 5.30. The number of halogens is 2. The van der Waals surface area contributed by atoms with Crippen LogP contribution in [0.15, 0.2) is 24.3 Å². The van der Waals surface area contributed by atoms with Crippen molar-refractivity contribution in [2.75, 3.05) is 40.8 Å². The van der Waals surface area contributed by atoms with Gasteiger partial charge in [-0.15, -0.1) is 24.8 Å². The zero-order valence-electron chi connectivity index (χ0n) is 15.3. The Labute approximate surface area is 163 Å². The monoisotopic (exact) mass is 391 g/mol. The highest BCUT2D eigenvalue weighted by Crippen LogP contribution is 2.22. The minimum atomic E-state index is 0. The van der Waals surface area contributed by atoms with Gasteiger partial charge in [-0.2, -0.15) is 0 Å². The molecular formula is C18H31Cl2N3O2. The summed E-state index contributed by atoms with van der Waals surface area (Å²) in [5.74, 6) is 1.52. The third-order valence-corrected chi connectivity index (χ3v) is 4.53. The number of nitrogens with zero attached hydrogens (tertiary/aromatic N) is 1. The number of amides is 1. The number of benzene rings is 1. The van der Waals surface area contributed by atoms with Crippen molar-refractivity contribution in [2.45, 2.75) is 25.3 Å². The first-order chi connectivity index (χ1) is 11.1. The molecule has 1 aliphatic rings. The zero-order valence-corrected chi connectivity index (χ0v) is 16.9. The van der Waals surface area contributed by atoms with Crippen LogP contribution in [-0.4, -0.2) is 51.6 Å². The van der Waals surface area contributed by atoms with Crippen LogP contribution in [0.4, 0.5) is 0 Å². The molecule has 1 aromatic carbocycles. The zero-order chi connectivity index (χ0) is 16.7. The van der Waals surface area contributed by atoms with E-state index in [2.05, 4.69) is 21.6 Å². The van der Waals surface area contributed by atoms with E-state index in [1.807, 2.05) is 32.3 Å². The molecule has 1 fully saturated rings. The molecule has 1 amide bonds. The third-order valence-electron chi connectivity index (χ3n) is 4.53. The van der Waals surface area contributed by atoms with E-state index < -0.39 is 0 Å². The van der Waals surface area contributed by atoms with E-state index >= 15 is 0 Å². The molecule has 1 saturated heterocycles. The summed E-state index contributed by atoms with van der Waals surface area (Å²) in [6, 6.07) is 8.17. The molecule has 0 aliphatic carbocycles. The van der Waals surface area contributed by atoms with Gasteiger partial charge in [0.2, 0.25) is 5.91 Å². The van der Waals surface area contributed by atoms with Gasteiger partial charge in [0.05, 0.1) is 13.2 Å². The largest absolute Gasteiger partial charge is 0.497 e. The van der Waals surface area contributed by atoms with Gasteiger partial charge < -0.3 is 20.3 Å². The Morgan fingerprint density at radius 3 is 2.60 bits per heavy atom. The Morgan fingerprint density at radius 2 is 2.00 bits per heavy atom. The second kappa shape index (κ2) is 12.4. The lowest BCUT2D eigenvalue weighted by atomic mass is 9.94. The number of ether oxygens (including phenoxy) is 1. The van der Waals surface area contributed by atoms with Gasteiger partial charge in [0.1, 0.15) is 5.75 Å². The van der Waals surface area contributed by atoms with E-state index in [-0.39, 0.29) is 36.8 Å². The summed E-state index contributed by atoms with van der Waals surface area (Å²) >= 11 is 0. The number of piperidine rings is 1. The molecule has 1 heterocycles. The maximum Gasteiger partial charge on any atom is 0.220 e. The molecule has 1 aliphatic heterocycles. The standard InChI is InChI=1S/C18H29N3O2.2ClH/c1-21(2)17(15-5-4-6-16(12-15)23-3)13-20-18(22)11-14-7-9-19-10-8-14;;/h4-6,12,14,17,19H,7-11,13H2,1-3H3,(H,20,22);2*1H. The molecule has 2 N–H and O–H groups in total. The predicted octanol–water partition coefficient (Wildman–Crippen LogP) is 2.65. The van der Waals surface area contributed by atoms with Gasteiger partial charge in [-0.3, -0.25) is 4.79 Å². The maximum atomic E-state index is 12.2. The van der Waals surface area contributed by atoms with Gasteiger partial charge in [0, 0.05) is 13.0 Å². The fourth-order valence-corrected chi connectivity index (χ4v) is 3.08. The molecular weight excluding hydrogens is 361 g/mol. The van der Waals surface area contributed by atoms with Crippen molar-refractivity contribution >= 4 is 30.7 Å². The van der Waals surface area contributed by atoms with E-state index in [9.17, 15) is 4.79 Å². The van der Waals surface area contributed by atoms with Crippen molar-refractivity contribution in [3.05, 3.63) is 29.8 Å². The Morgan fingerprint density at radius 1 is 1.32 bits per heavy atom. The van der Waals surface area contributed by atoms with E-state index in [1.165, 1.54) is 0 Å². The van der Waals surface area contributed by atoms with E-state index in [0.29, 0.717) is 18.9 Å². The molecule has 0 aromatic heterocycles. The smallest absolute Gasteiger partial charge is 0.220 e. The Bertz CT molecular complexity index is 509. The Balaban J connectivity index is 0.00000288. The van der Waals surface area contributed by atoms with Crippen LogP contribution in [0.3, 0.4) is 0 Å². The van der Waals surface area contributed by atoms with Crippen LogP contribution >= 0.6 is 24.8 Å². The first kappa shape index (κ1) is 24.0. The van der Waals surface area contributed by atoms with Crippen molar-refractivity contribution in [3.63, 3.8) is 0 Å². The average molecular weight is 392 g/mol. The van der Waals surface area contributed by atoms with Crippen molar-refractivity contribution in [3.8, 4) is 5.75 Å². The summed E-state index contributed by atoms with van der Waals surface area (Å²) in [7, 11) is 5.73. The molecule has 0 saturated carbocycles. The average Bonchev–Trinajstić information content (AvgIpc) is 2.56. The van der Waals surface area contributed by atoms with Crippen LogP contribution in [0.5, 0.6) is 5.75 Å². The van der Waals surface area contributed by atoms with E-state index in [1.54, 1.807) is 7.11 Å². The molecule has 2 rings (SSSR count). The van der Waals surface area contributed by atoms with Gasteiger partial charge in [0.15, 0.2) is 0 Å². The molecule has 0 spiro atoms. The highest BCUT2D eigenvalue weighted by molar-refractivity contribution is 5.85. The lowest BCUT2D eigenvalue weighted by Gasteiger charge is -2.26. The number of hydrogen-bond acceptors (Lipinski definition) is 4. The molecule has 1 atom stereocenters. The first-order valence-corrected chi connectivity index (χ1v) is 8.38. The second-order valence-corrected chi connectivity index (χ2v) is 6.46. The van der Waals surface area contributed by atoms with Crippen LogP contribution in [0.1, 0.15) is 30.9 Å². The van der Waals surface area contributed by atoms with Crippen molar-refractivity contribution < 1.29 is 9.53 Å². The summed E-state index contributed by atoms with van der Waals surface area (Å²) in [5.41, 5.74) is 1.15. The van der Waals surface area contributed by atoms with Crippen LogP contribution in [0, 0.1) is 5.92 Å². The fraction of sp³-hybridized carbons (Fsp3) is 0.611. The van der Waals surface area contributed by atoms with Crippen LogP contribution in [0.2, 0.25) is 0 Å². The van der Waals surface area contributed by atoms with Crippen LogP contribution in [-0.2, 0) is 4.79 Å². The SMILES string of the molecule is COc1cccc(C(CNC(=O)CC2CCNCC2)N(C)C)c1.Cl.Cl. The maximum absolute atomic E-state index is 12.2. The molecule has 0 bridgehead atoms. The summed E-state index contributed by atoms with van der Waals surface area (Å²) in [5, 5.41) is 6.44. The topological polar surface area (TPSA) is 53.6 Å². The minimum Gasteiger partial charge on any atom is -0.497 e. The minimum absolute atomic E-state index is 0. The number of methoxy groups -OCH3 is 1. The van der Waals surface area contributed by atoms with Crippen molar-refractivity contribution in [2.24, 2.45) is 5.92 Å². The molecule has 7 heteroatoms. The summed E-state index contributed by atoms with van der Waals surface area (Å²) in [6.07, 6.45) is 2.83. The van der Waals surface area contributed by atoms with E-state index in [0.717, 1.165) is 37.2 Å². The first-order valence-electron chi connectivity index (χ1n) is 8.38. The predicted molar refractivity (Wildman–Crippen MR) is 107 cm³/mol. The van der Waals surface area contributed by atoms with Crippen molar-refractivity contribution in [1.29, 1.82) is 0 Å². The van der Waals surface area contributed by atoms with Gasteiger partial charge in [-0.1, -0.05) is 12.1 Å². The molecule has 1 unspecified atom stereocenters. The number of hydrogen-bond donors (Lipinski definition) is 2. The second-order valence-electron chi connectivity index (χ2n) is 6.46. The lowest BCUT2D eigenvalue weighted by Crippen LogP contribution is -2.36. The van der Waals surface area contributed by atoms with Gasteiger partial charge >= 0.3 is 0 Å². The number of rotatable bonds is 7. The lowest BCUT2D eigenvalue weighted by molar-refractivity contribution is -0.122. The summed E-state index contributed by atoms with van der Waals surface area (Å²) in [6.45, 7) is 2.67. The number of nitrogens with one attached hydrogen (secondary N) is 2. The number of carbonyl (C=O) groups is 1. The highest BCUT2D eigenvalue weighted by atomic mass is 35.5. The molecule has 25 heavy (non-hydrogen) atoms. The van der Waals surface area contributed by atoms with Gasteiger partial charge in [-0.25, -0.2) is 0 Å². The summed E-state index contributed by atoms with van der Waals surface area (Å²) in [4.78, 5) is 14.3. The molecule has 5 nitrogen and oxygen atoms in total. The Kier molecular flexibility index (Phi) is 11.9. The van der Waals surface area contributed by atoms with Crippen LogP contribution in [0.25, 0.3) is 0 Å². The van der Waals surface area contributed by atoms with Crippen molar-refractivity contribution in [1.82, 2.24) is 15.5 Å². The molecule has 1 aromatic rings. The third kappa shape index (κ3) is 7.82. The normalized spacial score (nSPS) is 15.7. The van der Waals surface area contributed by atoms with Gasteiger partial charge in [-0.05, 0) is 63.6 Å². The van der Waals surface area contributed by atoms with Crippen LogP contribution < -0.4 is 15.4 Å². The molecule has 0 radical (unpaired) electrons. The van der Waals surface area contributed by atoms with Gasteiger partial charge in [0.25, 0.3) is 0 Å². The highest BCUT2D eigenvalue weighted by Gasteiger charge is 2.19. The fourth-order valence-electron chi connectivity index (χ4n) is 3.08. The Hall–Kier alpha value is -1.01. The molecule has 144 valence electrons. The quantitative estimate of drug-likeness (QED) is 0.749. The van der Waals surface area contributed by atoms with E-state index in [4.69, 9.17) is 4.74 Å².